The van der Waals surface area contributed by atoms with Crippen LogP contribution in [0.5, 0.6) is 0 Å². The molecule has 2 aromatic rings. The number of hydrogen-bond donors (Lipinski definition) is 1. The summed E-state index contributed by atoms with van der Waals surface area (Å²) in [6.45, 7) is 3.88. The van der Waals surface area contributed by atoms with Crippen LogP contribution in [0.15, 0.2) is 48.5 Å². The van der Waals surface area contributed by atoms with E-state index in [9.17, 15) is 4.79 Å². The van der Waals surface area contributed by atoms with Gasteiger partial charge in [0.25, 0.3) is 5.91 Å². The van der Waals surface area contributed by atoms with Gasteiger partial charge in [-0.25, -0.2) is 0 Å². The molecule has 0 saturated carbocycles. The van der Waals surface area contributed by atoms with E-state index >= 15 is 0 Å². The van der Waals surface area contributed by atoms with Gasteiger partial charge in [-0.05, 0) is 49.2 Å². The van der Waals surface area contributed by atoms with Gasteiger partial charge in [-0.3, -0.25) is 9.69 Å². The molecule has 1 fully saturated rings. The van der Waals surface area contributed by atoms with E-state index in [0.29, 0.717) is 17.1 Å². The number of rotatable bonds is 5. The van der Waals surface area contributed by atoms with Crippen molar-refractivity contribution in [2.24, 2.45) is 0 Å². The van der Waals surface area contributed by atoms with Crippen LogP contribution in [0.25, 0.3) is 0 Å². The van der Waals surface area contributed by atoms with Gasteiger partial charge >= 0.3 is 0 Å². The molecule has 0 aliphatic carbocycles. The normalized spacial score (nSPS) is 15.2. The minimum Gasteiger partial charge on any atom is -0.348 e. The molecule has 0 atom stereocenters. The Hall–Kier alpha value is -1.84. The molecule has 0 bridgehead atoms. The third-order valence-electron chi connectivity index (χ3n) is 4.42. The Morgan fingerprint density at radius 1 is 1.00 bits per heavy atom. The van der Waals surface area contributed by atoms with Crippen molar-refractivity contribution in [1.82, 2.24) is 10.2 Å². The zero-order valence-corrected chi connectivity index (χ0v) is 14.6. The molecule has 0 unspecified atom stereocenters. The number of halogens is 1. The van der Waals surface area contributed by atoms with Gasteiger partial charge in [0.15, 0.2) is 0 Å². The summed E-state index contributed by atoms with van der Waals surface area (Å²) in [6.07, 6.45) is 3.95. The Balaban J connectivity index is 1.58. The van der Waals surface area contributed by atoms with Gasteiger partial charge < -0.3 is 5.32 Å². The van der Waals surface area contributed by atoms with E-state index in [4.69, 9.17) is 11.6 Å². The molecule has 3 rings (SSSR count). The maximum absolute atomic E-state index is 12.2. The standard InChI is InChI=1S/C20H23ClN2O/c21-19-10-3-2-9-18(19)20(24)22-14-16-7-6-8-17(13-16)15-23-11-4-1-5-12-23/h2-3,6-10,13H,1,4-5,11-12,14-15H2,(H,22,24). The highest BCUT2D eigenvalue weighted by Crippen LogP contribution is 2.16. The zero-order chi connectivity index (χ0) is 16.8. The van der Waals surface area contributed by atoms with Gasteiger partial charge in [-0.2, -0.15) is 0 Å². The van der Waals surface area contributed by atoms with Crippen molar-refractivity contribution >= 4 is 17.5 Å². The first-order chi connectivity index (χ1) is 11.7. The molecule has 1 aliphatic rings. The van der Waals surface area contributed by atoms with E-state index < -0.39 is 0 Å². The molecule has 4 heteroatoms. The van der Waals surface area contributed by atoms with Crippen molar-refractivity contribution in [2.45, 2.75) is 32.4 Å². The fraction of sp³-hybridized carbons (Fsp3) is 0.350. The van der Waals surface area contributed by atoms with Crippen LogP contribution >= 0.6 is 11.6 Å². The number of nitrogens with zero attached hydrogens (tertiary/aromatic N) is 1. The molecule has 126 valence electrons. The molecular formula is C20H23ClN2O. The number of likely N-dealkylation sites (tertiary alicyclic amines) is 1. The van der Waals surface area contributed by atoms with Crippen LogP contribution in [0.3, 0.4) is 0 Å². The van der Waals surface area contributed by atoms with Crippen molar-refractivity contribution < 1.29 is 4.79 Å². The topological polar surface area (TPSA) is 32.3 Å². The molecule has 1 saturated heterocycles. The number of nitrogens with one attached hydrogen (secondary N) is 1. The maximum atomic E-state index is 12.2. The summed E-state index contributed by atoms with van der Waals surface area (Å²) in [7, 11) is 0. The highest BCUT2D eigenvalue weighted by molar-refractivity contribution is 6.33. The van der Waals surface area contributed by atoms with Crippen molar-refractivity contribution in [1.29, 1.82) is 0 Å². The van der Waals surface area contributed by atoms with Crippen molar-refractivity contribution in [2.75, 3.05) is 13.1 Å². The highest BCUT2D eigenvalue weighted by atomic mass is 35.5. The lowest BCUT2D eigenvalue weighted by molar-refractivity contribution is 0.0951. The average Bonchev–Trinajstić information content (AvgIpc) is 2.61. The number of piperidine rings is 1. The number of hydrogen-bond acceptors (Lipinski definition) is 2. The lowest BCUT2D eigenvalue weighted by atomic mass is 10.1. The molecule has 0 aromatic heterocycles. The van der Waals surface area contributed by atoms with Gasteiger partial charge in [0, 0.05) is 13.1 Å². The minimum atomic E-state index is -0.137. The molecule has 1 N–H and O–H groups in total. The Morgan fingerprint density at radius 2 is 1.75 bits per heavy atom. The number of amides is 1. The quantitative estimate of drug-likeness (QED) is 0.880. The molecule has 1 aliphatic heterocycles. The van der Waals surface area contributed by atoms with E-state index in [1.165, 1.54) is 37.9 Å². The summed E-state index contributed by atoms with van der Waals surface area (Å²) < 4.78 is 0. The smallest absolute Gasteiger partial charge is 0.253 e. The monoisotopic (exact) mass is 342 g/mol. The lowest BCUT2D eigenvalue weighted by Crippen LogP contribution is -2.29. The van der Waals surface area contributed by atoms with Gasteiger partial charge in [0.2, 0.25) is 0 Å². The third kappa shape index (κ3) is 4.59. The van der Waals surface area contributed by atoms with Crippen LogP contribution < -0.4 is 5.32 Å². The Labute approximate surface area is 148 Å². The van der Waals surface area contributed by atoms with Crippen molar-refractivity contribution in [3.05, 3.63) is 70.2 Å². The fourth-order valence-corrected chi connectivity index (χ4v) is 3.36. The van der Waals surface area contributed by atoms with E-state index in [1.54, 1.807) is 12.1 Å². The predicted octanol–water partition coefficient (Wildman–Crippen LogP) is 4.26. The summed E-state index contributed by atoms with van der Waals surface area (Å²) in [5.74, 6) is -0.137. The molecule has 1 amide bonds. The summed E-state index contributed by atoms with van der Waals surface area (Å²) >= 11 is 6.07. The van der Waals surface area contributed by atoms with Crippen LogP contribution in [0.1, 0.15) is 40.7 Å². The van der Waals surface area contributed by atoms with Crippen LogP contribution in [0.2, 0.25) is 5.02 Å². The molecule has 1 heterocycles. The fourth-order valence-electron chi connectivity index (χ4n) is 3.14. The van der Waals surface area contributed by atoms with Crippen LogP contribution in [-0.4, -0.2) is 23.9 Å². The average molecular weight is 343 g/mol. The summed E-state index contributed by atoms with van der Waals surface area (Å²) in [4.78, 5) is 14.7. The van der Waals surface area contributed by atoms with Gasteiger partial charge in [-0.15, -0.1) is 0 Å². The first-order valence-electron chi connectivity index (χ1n) is 8.55. The van der Waals surface area contributed by atoms with E-state index in [-0.39, 0.29) is 5.91 Å². The SMILES string of the molecule is O=C(NCc1cccc(CN2CCCCC2)c1)c1ccccc1Cl. The second-order valence-corrected chi connectivity index (χ2v) is 6.73. The minimum absolute atomic E-state index is 0.137. The van der Waals surface area contributed by atoms with Crippen LogP contribution in [0.4, 0.5) is 0 Å². The number of carbonyl (C=O) groups excluding carboxylic acids is 1. The zero-order valence-electron chi connectivity index (χ0n) is 13.8. The summed E-state index contributed by atoms with van der Waals surface area (Å²) in [5.41, 5.74) is 2.94. The van der Waals surface area contributed by atoms with Gasteiger partial charge in [0.05, 0.1) is 10.6 Å². The summed E-state index contributed by atoms with van der Waals surface area (Å²) in [5, 5.41) is 3.43. The largest absolute Gasteiger partial charge is 0.348 e. The number of carbonyl (C=O) groups is 1. The molecule has 3 nitrogen and oxygen atoms in total. The Morgan fingerprint density at radius 3 is 2.54 bits per heavy atom. The van der Waals surface area contributed by atoms with Gasteiger partial charge in [0.1, 0.15) is 0 Å². The Bertz CT molecular complexity index is 696. The van der Waals surface area contributed by atoms with E-state index in [2.05, 4.69) is 28.4 Å². The first-order valence-corrected chi connectivity index (χ1v) is 8.93. The second kappa shape index (κ2) is 8.32. The van der Waals surface area contributed by atoms with Crippen molar-refractivity contribution in [3.8, 4) is 0 Å². The highest BCUT2D eigenvalue weighted by Gasteiger charge is 2.11. The predicted molar refractivity (Wildman–Crippen MR) is 98.2 cm³/mol. The second-order valence-electron chi connectivity index (χ2n) is 6.32. The molecule has 0 radical (unpaired) electrons. The molecule has 24 heavy (non-hydrogen) atoms. The third-order valence-corrected chi connectivity index (χ3v) is 4.75. The van der Waals surface area contributed by atoms with E-state index in [0.717, 1.165) is 12.1 Å². The van der Waals surface area contributed by atoms with Crippen LogP contribution in [0, 0.1) is 0 Å². The molecule has 0 spiro atoms. The van der Waals surface area contributed by atoms with Crippen molar-refractivity contribution in [3.63, 3.8) is 0 Å². The lowest BCUT2D eigenvalue weighted by Gasteiger charge is -2.26. The van der Waals surface area contributed by atoms with Crippen LogP contribution in [-0.2, 0) is 13.1 Å². The molecular weight excluding hydrogens is 320 g/mol. The Kier molecular flexibility index (Phi) is 5.89. The van der Waals surface area contributed by atoms with E-state index in [1.807, 2.05) is 18.2 Å². The molecule has 2 aromatic carbocycles. The van der Waals surface area contributed by atoms with Gasteiger partial charge in [-0.1, -0.05) is 54.4 Å². The maximum Gasteiger partial charge on any atom is 0.253 e. The number of benzene rings is 2. The first kappa shape index (κ1) is 17.0. The summed E-state index contributed by atoms with van der Waals surface area (Å²) in [6, 6.07) is 15.6.